The molecule has 0 spiro atoms. The van der Waals surface area contributed by atoms with Gasteiger partial charge in [0, 0.05) is 24.8 Å². The molecule has 0 fully saturated rings. The van der Waals surface area contributed by atoms with Crippen LogP contribution in [0.3, 0.4) is 0 Å². The van der Waals surface area contributed by atoms with Crippen molar-refractivity contribution in [2.45, 2.75) is 19.9 Å². The van der Waals surface area contributed by atoms with Gasteiger partial charge in [-0.1, -0.05) is 44.2 Å². The maximum absolute atomic E-state index is 3.43. The van der Waals surface area contributed by atoms with Crippen molar-refractivity contribution in [2.24, 2.45) is 0 Å². The first-order valence-electron chi connectivity index (χ1n) is 6.22. The molecule has 2 aromatic carbocycles. The van der Waals surface area contributed by atoms with Gasteiger partial charge < -0.3 is 10.6 Å². The molecule has 0 heterocycles. The Balaban J connectivity index is 1.95. The van der Waals surface area contributed by atoms with Crippen LogP contribution < -0.4 is 10.6 Å². The lowest BCUT2D eigenvalue weighted by atomic mass is 10.1. The normalized spacial score (nSPS) is 11.0. The quantitative estimate of drug-likeness (QED) is 0.768. The smallest absolute Gasteiger partial charge is 0.0347 e. The number of benzene rings is 2. The highest BCUT2D eigenvalue weighted by atomic mass is 15.0. The van der Waals surface area contributed by atoms with Crippen molar-refractivity contribution < 1.29 is 0 Å². The molecule has 0 bridgehead atoms. The Hall–Kier alpha value is -1.54. The highest BCUT2D eigenvalue weighted by molar-refractivity contribution is 5.85. The van der Waals surface area contributed by atoms with Gasteiger partial charge in [0.1, 0.15) is 0 Å². The van der Waals surface area contributed by atoms with Gasteiger partial charge >= 0.3 is 0 Å². The van der Waals surface area contributed by atoms with Crippen molar-refractivity contribution in [1.82, 2.24) is 5.32 Å². The zero-order valence-corrected chi connectivity index (χ0v) is 10.5. The third-order valence-corrected chi connectivity index (χ3v) is 2.76. The standard InChI is InChI=1S/C15H20N2/c1-12(2)16-9-10-17-15-8-7-13-5-3-4-6-14(13)11-15/h3-8,11-12,16-17H,9-10H2,1-2H3. The Labute approximate surface area is 103 Å². The minimum absolute atomic E-state index is 0.549. The summed E-state index contributed by atoms with van der Waals surface area (Å²) in [6, 6.07) is 15.5. The Kier molecular flexibility index (Phi) is 3.99. The second-order valence-corrected chi connectivity index (χ2v) is 4.60. The van der Waals surface area contributed by atoms with E-state index in [2.05, 4.69) is 66.9 Å². The molecule has 0 amide bonds. The molecule has 2 aromatic rings. The summed E-state index contributed by atoms with van der Waals surface area (Å²) in [7, 11) is 0. The van der Waals surface area contributed by atoms with Gasteiger partial charge in [0.25, 0.3) is 0 Å². The average Bonchev–Trinajstić information content (AvgIpc) is 2.34. The van der Waals surface area contributed by atoms with Crippen molar-refractivity contribution in [2.75, 3.05) is 18.4 Å². The predicted octanol–water partition coefficient (Wildman–Crippen LogP) is 3.25. The van der Waals surface area contributed by atoms with E-state index in [1.165, 1.54) is 16.5 Å². The topological polar surface area (TPSA) is 24.1 Å². The van der Waals surface area contributed by atoms with E-state index in [0.29, 0.717) is 6.04 Å². The lowest BCUT2D eigenvalue weighted by molar-refractivity contribution is 0.602. The van der Waals surface area contributed by atoms with Gasteiger partial charge in [-0.15, -0.1) is 0 Å². The van der Waals surface area contributed by atoms with Crippen LogP contribution in [0, 0.1) is 0 Å². The molecule has 17 heavy (non-hydrogen) atoms. The number of rotatable bonds is 5. The van der Waals surface area contributed by atoms with E-state index >= 15 is 0 Å². The van der Waals surface area contributed by atoms with Crippen LogP contribution in [-0.2, 0) is 0 Å². The van der Waals surface area contributed by atoms with Crippen molar-refractivity contribution >= 4 is 16.5 Å². The van der Waals surface area contributed by atoms with Gasteiger partial charge in [-0.25, -0.2) is 0 Å². The van der Waals surface area contributed by atoms with Gasteiger partial charge in [0.15, 0.2) is 0 Å². The van der Waals surface area contributed by atoms with Crippen molar-refractivity contribution in [1.29, 1.82) is 0 Å². The molecule has 0 aliphatic rings. The summed E-state index contributed by atoms with van der Waals surface area (Å²) in [6.45, 7) is 6.27. The zero-order valence-electron chi connectivity index (χ0n) is 10.5. The largest absolute Gasteiger partial charge is 0.384 e. The Morgan fingerprint density at radius 1 is 0.941 bits per heavy atom. The molecule has 0 atom stereocenters. The lowest BCUT2D eigenvalue weighted by Crippen LogP contribution is -2.28. The van der Waals surface area contributed by atoms with E-state index in [4.69, 9.17) is 0 Å². The first-order chi connectivity index (χ1) is 8.25. The summed E-state index contributed by atoms with van der Waals surface area (Å²) < 4.78 is 0. The molecule has 2 N–H and O–H groups in total. The molecule has 0 unspecified atom stereocenters. The van der Waals surface area contributed by atoms with Crippen LogP contribution in [0.25, 0.3) is 10.8 Å². The third kappa shape index (κ3) is 3.46. The van der Waals surface area contributed by atoms with Crippen molar-refractivity contribution in [3.63, 3.8) is 0 Å². The van der Waals surface area contributed by atoms with Gasteiger partial charge in [0.2, 0.25) is 0 Å². The first kappa shape index (κ1) is 11.9. The molecule has 0 radical (unpaired) electrons. The Morgan fingerprint density at radius 3 is 2.47 bits per heavy atom. The van der Waals surface area contributed by atoms with Gasteiger partial charge in [-0.2, -0.15) is 0 Å². The second-order valence-electron chi connectivity index (χ2n) is 4.60. The van der Waals surface area contributed by atoms with Crippen LogP contribution in [0.2, 0.25) is 0 Å². The fourth-order valence-corrected chi connectivity index (χ4v) is 1.87. The minimum atomic E-state index is 0.549. The number of fused-ring (bicyclic) bond motifs is 1. The molecule has 0 aromatic heterocycles. The number of hydrogen-bond donors (Lipinski definition) is 2. The number of anilines is 1. The maximum Gasteiger partial charge on any atom is 0.0347 e. The van der Waals surface area contributed by atoms with E-state index < -0.39 is 0 Å². The average molecular weight is 228 g/mol. The minimum Gasteiger partial charge on any atom is -0.384 e. The Bertz CT molecular complexity index is 477. The molecule has 90 valence electrons. The van der Waals surface area contributed by atoms with Gasteiger partial charge in [-0.3, -0.25) is 0 Å². The molecular weight excluding hydrogens is 208 g/mol. The molecule has 2 nitrogen and oxygen atoms in total. The van der Waals surface area contributed by atoms with Crippen molar-refractivity contribution in [3.05, 3.63) is 42.5 Å². The SMILES string of the molecule is CC(C)NCCNc1ccc2ccccc2c1. The van der Waals surface area contributed by atoms with Crippen LogP contribution in [0.4, 0.5) is 5.69 Å². The van der Waals surface area contributed by atoms with E-state index in [1.807, 2.05) is 0 Å². The van der Waals surface area contributed by atoms with E-state index in [9.17, 15) is 0 Å². The Morgan fingerprint density at radius 2 is 1.71 bits per heavy atom. The number of hydrogen-bond acceptors (Lipinski definition) is 2. The lowest BCUT2D eigenvalue weighted by Gasteiger charge is -2.10. The molecule has 0 saturated carbocycles. The molecule has 2 heteroatoms. The molecule has 0 aliphatic heterocycles. The van der Waals surface area contributed by atoms with E-state index in [0.717, 1.165) is 13.1 Å². The van der Waals surface area contributed by atoms with Gasteiger partial charge in [-0.05, 0) is 22.9 Å². The van der Waals surface area contributed by atoms with Crippen LogP contribution in [0.1, 0.15) is 13.8 Å². The zero-order chi connectivity index (χ0) is 12.1. The van der Waals surface area contributed by atoms with E-state index in [1.54, 1.807) is 0 Å². The summed E-state index contributed by atoms with van der Waals surface area (Å²) in [6.07, 6.45) is 0. The summed E-state index contributed by atoms with van der Waals surface area (Å²) in [5, 5.41) is 9.40. The van der Waals surface area contributed by atoms with Crippen LogP contribution in [0.15, 0.2) is 42.5 Å². The fourth-order valence-electron chi connectivity index (χ4n) is 1.87. The third-order valence-electron chi connectivity index (χ3n) is 2.76. The fraction of sp³-hybridized carbons (Fsp3) is 0.333. The molecular formula is C15H20N2. The van der Waals surface area contributed by atoms with Crippen LogP contribution in [0.5, 0.6) is 0 Å². The van der Waals surface area contributed by atoms with Crippen LogP contribution >= 0.6 is 0 Å². The number of nitrogens with one attached hydrogen (secondary N) is 2. The predicted molar refractivity (Wildman–Crippen MR) is 75.6 cm³/mol. The maximum atomic E-state index is 3.43. The van der Waals surface area contributed by atoms with E-state index in [-0.39, 0.29) is 0 Å². The molecule has 0 aliphatic carbocycles. The van der Waals surface area contributed by atoms with Crippen molar-refractivity contribution in [3.8, 4) is 0 Å². The first-order valence-corrected chi connectivity index (χ1v) is 6.22. The molecule has 2 rings (SSSR count). The highest BCUT2D eigenvalue weighted by Crippen LogP contribution is 2.18. The van der Waals surface area contributed by atoms with Gasteiger partial charge in [0.05, 0.1) is 0 Å². The second kappa shape index (κ2) is 5.69. The monoisotopic (exact) mass is 228 g/mol. The summed E-state index contributed by atoms with van der Waals surface area (Å²) in [4.78, 5) is 0. The summed E-state index contributed by atoms with van der Waals surface area (Å²) in [5.74, 6) is 0. The summed E-state index contributed by atoms with van der Waals surface area (Å²) >= 11 is 0. The van der Waals surface area contributed by atoms with Crippen LogP contribution in [-0.4, -0.2) is 19.1 Å². The molecule has 0 saturated heterocycles. The highest BCUT2D eigenvalue weighted by Gasteiger charge is 1.96. The summed E-state index contributed by atoms with van der Waals surface area (Å²) in [5.41, 5.74) is 1.19.